The van der Waals surface area contributed by atoms with Gasteiger partial charge in [-0.15, -0.1) is 0 Å². The molecule has 9 heteroatoms. The van der Waals surface area contributed by atoms with Gasteiger partial charge in [0.25, 0.3) is 9.84 Å². The van der Waals surface area contributed by atoms with Crippen molar-refractivity contribution in [2.24, 2.45) is 5.92 Å². The van der Waals surface area contributed by atoms with E-state index in [9.17, 15) is 26.4 Å². The number of alkyl halides is 3. The zero-order valence-electron chi connectivity index (χ0n) is 10.9. The molecule has 0 spiro atoms. The molecule has 0 aromatic heterocycles. The molecule has 0 radical (unpaired) electrons. The molecule has 1 aromatic carbocycles. The second-order valence-electron chi connectivity index (χ2n) is 4.57. The number of sulfone groups is 1. The Balaban J connectivity index is 2.39. The van der Waals surface area contributed by atoms with E-state index in [-0.39, 0.29) is 23.3 Å². The molecule has 0 unspecified atom stereocenters. The maximum Gasteiger partial charge on any atom is 0.501 e. The van der Waals surface area contributed by atoms with E-state index in [2.05, 4.69) is 5.32 Å². The van der Waals surface area contributed by atoms with Gasteiger partial charge in [0, 0.05) is 5.92 Å². The zero-order chi connectivity index (χ0) is 15.8. The highest BCUT2D eigenvalue weighted by molar-refractivity contribution is 7.92. The van der Waals surface area contributed by atoms with Crippen molar-refractivity contribution in [3.8, 4) is 5.75 Å². The van der Waals surface area contributed by atoms with Gasteiger partial charge in [-0.3, -0.25) is 4.79 Å². The van der Waals surface area contributed by atoms with Crippen LogP contribution in [-0.4, -0.2) is 26.9 Å². The second kappa shape index (κ2) is 5.21. The fourth-order valence-electron chi connectivity index (χ4n) is 1.67. The highest BCUT2D eigenvalue weighted by Gasteiger charge is 2.47. The molecule has 5 nitrogen and oxygen atoms in total. The maximum absolute atomic E-state index is 12.5. The van der Waals surface area contributed by atoms with Crippen LogP contribution in [-0.2, 0) is 14.6 Å². The average molecular weight is 323 g/mol. The molecule has 116 valence electrons. The highest BCUT2D eigenvalue weighted by atomic mass is 32.2. The minimum Gasteiger partial charge on any atom is -0.495 e. The van der Waals surface area contributed by atoms with Gasteiger partial charge in [0.2, 0.25) is 5.91 Å². The lowest BCUT2D eigenvalue weighted by molar-refractivity contribution is -0.117. The number of carbonyl (C=O) groups is 1. The van der Waals surface area contributed by atoms with Crippen molar-refractivity contribution in [3.05, 3.63) is 18.2 Å². The van der Waals surface area contributed by atoms with Gasteiger partial charge < -0.3 is 10.1 Å². The quantitative estimate of drug-likeness (QED) is 0.923. The number of ether oxygens (including phenoxy) is 1. The molecule has 2 rings (SSSR count). The first-order chi connectivity index (χ1) is 9.66. The minimum atomic E-state index is -5.47. The maximum atomic E-state index is 12.5. The summed E-state index contributed by atoms with van der Waals surface area (Å²) >= 11 is 0. The molecule has 1 fully saturated rings. The lowest BCUT2D eigenvalue weighted by Crippen LogP contribution is -2.23. The number of carbonyl (C=O) groups excluding carboxylic acids is 1. The summed E-state index contributed by atoms with van der Waals surface area (Å²) in [5, 5.41) is 2.39. The minimum absolute atomic E-state index is 0.0881. The van der Waals surface area contributed by atoms with E-state index in [1.807, 2.05) is 0 Å². The summed E-state index contributed by atoms with van der Waals surface area (Å²) in [6.45, 7) is 0. The number of methoxy groups -OCH3 is 1. The molecule has 1 amide bonds. The first-order valence-corrected chi connectivity index (χ1v) is 7.45. The van der Waals surface area contributed by atoms with Crippen molar-refractivity contribution in [2.45, 2.75) is 23.2 Å². The lowest BCUT2D eigenvalue weighted by atomic mass is 10.2. The molecular weight excluding hydrogens is 311 g/mol. The number of benzene rings is 1. The van der Waals surface area contributed by atoms with Crippen LogP contribution in [0.15, 0.2) is 23.1 Å². The molecular formula is C12H12F3NO4S. The fraction of sp³-hybridized carbons (Fsp3) is 0.417. The Morgan fingerprint density at radius 1 is 1.33 bits per heavy atom. The van der Waals surface area contributed by atoms with Gasteiger partial charge in [-0.25, -0.2) is 8.42 Å². The average Bonchev–Trinajstić information content (AvgIpc) is 3.21. The van der Waals surface area contributed by atoms with Crippen LogP contribution >= 0.6 is 0 Å². The molecule has 0 bridgehead atoms. The van der Waals surface area contributed by atoms with Crippen molar-refractivity contribution >= 4 is 21.4 Å². The van der Waals surface area contributed by atoms with Crippen LogP contribution in [0.1, 0.15) is 12.8 Å². The van der Waals surface area contributed by atoms with Gasteiger partial charge in [0.15, 0.2) is 0 Å². The number of amides is 1. The van der Waals surface area contributed by atoms with E-state index in [0.717, 1.165) is 18.2 Å². The van der Waals surface area contributed by atoms with Gasteiger partial charge in [0.1, 0.15) is 5.75 Å². The molecule has 1 aliphatic carbocycles. The third-order valence-electron chi connectivity index (χ3n) is 2.99. The monoisotopic (exact) mass is 323 g/mol. The van der Waals surface area contributed by atoms with Gasteiger partial charge >= 0.3 is 5.51 Å². The van der Waals surface area contributed by atoms with E-state index < -0.39 is 20.2 Å². The summed E-state index contributed by atoms with van der Waals surface area (Å²) in [4.78, 5) is 10.7. The van der Waals surface area contributed by atoms with Crippen molar-refractivity contribution in [3.63, 3.8) is 0 Å². The first-order valence-electron chi connectivity index (χ1n) is 5.97. The predicted molar refractivity (Wildman–Crippen MR) is 67.6 cm³/mol. The van der Waals surface area contributed by atoms with Crippen LogP contribution in [0, 0.1) is 5.92 Å². The van der Waals surface area contributed by atoms with Crippen LogP contribution in [0.25, 0.3) is 0 Å². The molecule has 0 atom stereocenters. The van der Waals surface area contributed by atoms with Gasteiger partial charge in [-0.2, -0.15) is 13.2 Å². The van der Waals surface area contributed by atoms with E-state index in [1.165, 1.54) is 7.11 Å². The van der Waals surface area contributed by atoms with Crippen LogP contribution in [0.2, 0.25) is 0 Å². The fourth-order valence-corrected chi connectivity index (χ4v) is 2.45. The number of halogens is 3. The molecule has 21 heavy (non-hydrogen) atoms. The SMILES string of the molecule is COc1ccc(S(=O)(=O)C(F)(F)F)cc1NC(=O)C1CC1. The molecule has 1 N–H and O–H groups in total. The van der Waals surface area contributed by atoms with Crippen molar-refractivity contribution in [2.75, 3.05) is 12.4 Å². The first kappa shape index (κ1) is 15.6. The molecule has 0 heterocycles. The van der Waals surface area contributed by atoms with Crippen LogP contribution in [0.4, 0.5) is 18.9 Å². The highest BCUT2D eigenvalue weighted by Crippen LogP contribution is 2.36. The Labute approximate surface area is 119 Å². The van der Waals surface area contributed by atoms with E-state index in [0.29, 0.717) is 12.8 Å². The number of rotatable bonds is 4. The molecule has 1 aromatic rings. The predicted octanol–water partition coefficient (Wildman–Crippen LogP) is 2.34. The van der Waals surface area contributed by atoms with Gasteiger partial charge in [0.05, 0.1) is 17.7 Å². The summed E-state index contributed by atoms with van der Waals surface area (Å²) in [5.74, 6) is -0.461. The third-order valence-corrected chi connectivity index (χ3v) is 4.48. The largest absolute Gasteiger partial charge is 0.501 e. The Morgan fingerprint density at radius 3 is 2.43 bits per heavy atom. The summed E-state index contributed by atoms with van der Waals surface area (Å²) in [7, 11) is -4.21. The van der Waals surface area contributed by atoms with Crippen LogP contribution in [0.5, 0.6) is 5.75 Å². The van der Waals surface area contributed by atoms with Gasteiger partial charge in [-0.1, -0.05) is 0 Å². The van der Waals surface area contributed by atoms with E-state index >= 15 is 0 Å². The summed E-state index contributed by atoms with van der Waals surface area (Å²) in [5.41, 5.74) is -5.50. The Morgan fingerprint density at radius 2 is 1.95 bits per heavy atom. The van der Waals surface area contributed by atoms with Crippen molar-refractivity contribution in [1.29, 1.82) is 0 Å². The van der Waals surface area contributed by atoms with Crippen molar-refractivity contribution < 1.29 is 31.1 Å². The van der Waals surface area contributed by atoms with Crippen molar-refractivity contribution in [1.82, 2.24) is 0 Å². The van der Waals surface area contributed by atoms with E-state index in [4.69, 9.17) is 4.74 Å². The molecule has 0 saturated heterocycles. The number of nitrogens with one attached hydrogen (secondary N) is 1. The number of hydrogen-bond donors (Lipinski definition) is 1. The topological polar surface area (TPSA) is 72.5 Å². The zero-order valence-corrected chi connectivity index (χ0v) is 11.7. The molecule has 0 aliphatic heterocycles. The van der Waals surface area contributed by atoms with E-state index in [1.54, 1.807) is 0 Å². The normalized spacial score (nSPS) is 15.6. The number of anilines is 1. The summed E-state index contributed by atoms with van der Waals surface area (Å²) in [6.07, 6.45) is 1.41. The molecule has 1 aliphatic rings. The van der Waals surface area contributed by atoms with Gasteiger partial charge in [-0.05, 0) is 31.0 Å². The smallest absolute Gasteiger partial charge is 0.495 e. The number of hydrogen-bond acceptors (Lipinski definition) is 4. The van der Waals surface area contributed by atoms with Crippen LogP contribution < -0.4 is 10.1 Å². The Bertz CT molecular complexity index is 666. The summed E-state index contributed by atoms with van der Waals surface area (Å²) in [6, 6.07) is 2.61. The summed E-state index contributed by atoms with van der Waals surface area (Å²) < 4.78 is 65.2. The third kappa shape index (κ3) is 3.12. The standard InChI is InChI=1S/C12H12F3NO4S/c1-20-10-5-4-8(21(18,19)12(13,14)15)6-9(10)16-11(17)7-2-3-7/h4-7H,2-3H2,1H3,(H,16,17). The Hall–Kier alpha value is -1.77. The second-order valence-corrected chi connectivity index (χ2v) is 6.52. The lowest BCUT2D eigenvalue weighted by Gasteiger charge is -2.13. The van der Waals surface area contributed by atoms with Crippen LogP contribution in [0.3, 0.4) is 0 Å². The molecule has 1 saturated carbocycles. The Kier molecular flexibility index (Phi) is 3.87.